The van der Waals surface area contributed by atoms with Crippen LogP contribution in [0.15, 0.2) is 17.5 Å². The molecule has 0 saturated carbocycles. The average molecular weight is 307 g/mol. The summed E-state index contributed by atoms with van der Waals surface area (Å²) in [6.07, 6.45) is -2.27. The van der Waals surface area contributed by atoms with Crippen LogP contribution < -0.4 is 0 Å². The van der Waals surface area contributed by atoms with Gasteiger partial charge < -0.3 is 10.0 Å². The maximum atomic E-state index is 12.3. The fraction of sp³-hybridized carbons (Fsp3) is 0.333. The third kappa shape index (κ3) is 5.04. The first-order chi connectivity index (χ1) is 9.23. The lowest BCUT2D eigenvalue weighted by atomic mass is 10.2. The first kappa shape index (κ1) is 16.2. The molecule has 110 valence electrons. The molecule has 8 heteroatoms. The predicted molar refractivity (Wildman–Crippen MR) is 68.6 cm³/mol. The molecule has 0 atom stereocenters. The molecule has 0 fully saturated rings. The quantitative estimate of drug-likeness (QED) is 0.851. The zero-order valence-corrected chi connectivity index (χ0v) is 11.3. The number of thiophene rings is 1. The Morgan fingerprint density at radius 1 is 1.45 bits per heavy atom. The number of alkyl halides is 3. The second kappa shape index (κ2) is 6.56. The Labute approximate surface area is 117 Å². The Balaban J connectivity index is 2.83. The number of rotatable bonds is 5. The van der Waals surface area contributed by atoms with Gasteiger partial charge >= 0.3 is 12.1 Å². The average Bonchev–Trinajstić information content (AvgIpc) is 2.80. The first-order valence-electron chi connectivity index (χ1n) is 5.58. The fourth-order valence-electron chi connectivity index (χ4n) is 1.43. The van der Waals surface area contributed by atoms with Crippen molar-refractivity contribution in [3.63, 3.8) is 0 Å². The Kier molecular flexibility index (Phi) is 5.32. The second-order valence-corrected chi connectivity index (χ2v) is 4.79. The number of carboxylic acids is 1. The van der Waals surface area contributed by atoms with E-state index in [1.807, 2.05) is 0 Å². The van der Waals surface area contributed by atoms with Gasteiger partial charge in [-0.25, -0.2) is 4.79 Å². The van der Waals surface area contributed by atoms with Crippen LogP contribution in [0.1, 0.15) is 22.2 Å². The molecule has 0 radical (unpaired) electrons. The van der Waals surface area contributed by atoms with Crippen molar-refractivity contribution >= 4 is 29.3 Å². The second-order valence-electron chi connectivity index (χ2n) is 3.84. The number of nitrogens with zero attached hydrogens (tertiary/aromatic N) is 1. The summed E-state index contributed by atoms with van der Waals surface area (Å²) in [6.45, 7) is 0.0915. The molecule has 0 saturated heterocycles. The first-order valence-corrected chi connectivity index (χ1v) is 6.46. The fourth-order valence-corrected chi connectivity index (χ4v) is 2.21. The molecule has 0 aliphatic rings. The van der Waals surface area contributed by atoms with Crippen molar-refractivity contribution in [1.82, 2.24) is 4.90 Å². The van der Waals surface area contributed by atoms with Gasteiger partial charge in [-0.3, -0.25) is 4.79 Å². The monoisotopic (exact) mass is 307 g/mol. The van der Waals surface area contributed by atoms with Crippen LogP contribution in [0.4, 0.5) is 13.2 Å². The van der Waals surface area contributed by atoms with Gasteiger partial charge in [0.2, 0.25) is 0 Å². The van der Waals surface area contributed by atoms with Crippen molar-refractivity contribution in [2.24, 2.45) is 0 Å². The highest BCUT2D eigenvalue weighted by Gasteiger charge is 2.32. The molecule has 20 heavy (non-hydrogen) atoms. The molecule has 0 aliphatic heterocycles. The van der Waals surface area contributed by atoms with E-state index in [2.05, 4.69) is 0 Å². The van der Waals surface area contributed by atoms with Crippen molar-refractivity contribution in [3.05, 3.63) is 28.0 Å². The van der Waals surface area contributed by atoms with Crippen molar-refractivity contribution in [2.45, 2.75) is 13.1 Å². The van der Waals surface area contributed by atoms with Gasteiger partial charge in [-0.05, 0) is 19.1 Å². The van der Waals surface area contributed by atoms with Crippen molar-refractivity contribution in [3.8, 4) is 0 Å². The molecule has 1 heterocycles. The van der Waals surface area contributed by atoms with E-state index in [4.69, 9.17) is 5.11 Å². The molecule has 1 N–H and O–H groups in total. The van der Waals surface area contributed by atoms with Crippen LogP contribution in [0.25, 0.3) is 6.08 Å². The van der Waals surface area contributed by atoms with Crippen LogP contribution >= 0.6 is 11.3 Å². The molecule has 0 bridgehead atoms. The van der Waals surface area contributed by atoms with Gasteiger partial charge in [-0.15, -0.1) is 11.3 Å². The van der Waals surface area contributed by atoms with E-state index >= 15 is 0 Å². The van der Waals surface area contributed by atoms with Crippen LogP contribution in [0.2, 0.25) is 0 Å². The summed E-state index contributed by atoms with van der Waals surface area (Å²) in [4.78, 5) is 23.4. The third-order valence-electron chi connectivity index (χ3n) is 2.30. The zero-order valence-electron chi connectivity index (χ0n) is 10.5. The van der Waals surface area contributed by atoms with E-state index in [1.54, 1.807) is 0 Å². The SMILES string of the molecule is CCN(CC(F)(F)F)C(=O)c1csc(C=CC(=O)O)c1. The Hall–Kier alpha value is -1.83. The van der Waals surface area contributed by atoms with Crippen LogP contribution in [0, 0.1) is 0 Å². The molecule has 0 aliphatic carbocycles. The van der Waals surface area contributed by atoms with Crippen LogP contribution in [-0.2, 0) is 4.79 Å². The van der Waals surface area contributed by atoms with E-state index in [9.17, 15) is 22.8 Å². The Bertz CT molecular complexity index is 522. The Morgan fingerprint density at radius 3 is 2.60 bits per heavy atom. The number of hydrogen-bond donors (Lipinski definition) is 1. The summed E-state index contributed by atoms with van der Waals surface area (Å²) in [7, 11) is 0. The number of carbonyl (C=O) groups is 2. The topological polar surface area (TPSA) is 57.6 Å². The normalized spacial score (nSPS) is 11.8. The summed E-state index contributed by atoms with van der Waals surface area (Å²) in [5.74, 6) is -1.87. The van der Waals surface area contributed by atoms with Gasteiger partial charge in [0.25, 0.3) is 5.91 Å². The standard InChI is InChI=1S/C12H12F3NO3S/c1-2-16(7-12(13,14)15)11(19)8-5-9(20-6-8)3-4-10(17)18/h3-6H,2,7H2,1H3,(H,17,18). The van der Waals surface area contributed by atoms with E-state index in [0.717, 1.165) is 17.4 Å². The number of hydrogen-bond acceptors (Lipinski definition) is 3. The lowest BCUT2D eigenvalue weighted by molar-refractivity contribution is -0.140. The molecule has 4 nitrogen and oxygen atoms in total. The summed E-state index contributed by atoms with van der Waals surface area (Å²) in [6, 6.07) is 1.37. The highest BCUT2D eigenvalue weighted by Crippen LogP contribution is 2.21. The number of carboxylic acid groups (broad SMARTS) is 1. The van der Waals surface area contributed by atoms with Gasteiger partial charge in [0, 0.05) is 22.9 Å². The Morgan fingerprint density at radius 2 is 2.10 bits per heavy atom. The third-order valence-corrected chi connectivity index (χ3v) is 3.19. The minimum absolute atomic E-state index is 0.0610. The molecule has 1 rings (SSSR count). The number of carbonyl (C=O) groups excluding carboxylic acids is 1. The maximum Gasteiger partial charge on any atom is 0.406 e. The van der Waals surface area contributed by atoms with E-state index < -0.39 is 24.6 Å². The molecule has 0 unspecified atom stereocenters. The minimum Gasteiger partial charge on any atom is -0.478 e. The lowest BCUT2D eigenvalue weighted by Crippen LogP contribution is -2.38. The van der Waals surface area contributed by atoms with Gasteiger partial charge in [0.15, 0.2) is 0 Å². The van der Waals surface area contributed by atoms with Crippen molar-refractivity contribution in [1.29, 1.82) is 0 Å². The van der Waals surface area contributed by atoms with Crippen LogP contribution in [0.5, 0.6) is 0 Å². The number of aliphatic carboxylic acids is 1. The van der Waals surface area contributed by atoms with E-state index in [-0.39, 0.29) is 12.1 Å². The van der Waals surface area contributed by atoms with Crippen LogP contribution in [0.3, 0.4) is 0 Å². The number of amides is 1. The van der Waals surface area contributed by atoms with E-state index in [0.29, 0.717) is 9.78 Å². The lowest BCUT2D eigenvalue weighted by Gasteiger charge is -2.21. The highest BCUT2D eigenvalue weighted by atomic mass is 32.1. The molecule has 1 amide bonds. The van der Waals surface area contributed by atoms with Gasteiger partial charge in [0.1, 0.15) is 6.54 Å². The van der Waals surface area contributed by atoms with Crippen molar-refractivity contribution < 1.29 is 27.9 Å². The van der Waals surface area contributed by atoms with E-state index in [1.165, 1.54) is 24.4 Å². The molecular weight excluding hydrogens is 295 g/mol. The summed E-state index contributed by atoms with van der Waals surface area (Å²) < 4.78 is 36.9. The van der Waals surface area contributed by atoms with Crippen molar-refractivity contribution in [2.75, 3.05) is 13.1 Å². The summed E-state index contributed by atoms with van der Waals surface area (Å²) in [5.41, 5.74) is 0.117. The zero-order chi connectivity index (χ0) is 15.3. The predicted octanol–water partition coefficient (Wildman–Crippen LogP) is 2.87. The number of halogens is 3. The van der Waals surface area contributed by atoms with Gasteiger partial charge in [0.05, 0.1) is 5.56 Å². The highest BCUT2D eigenvalue weighted by molar-refractivity contribution is 7.11. The molecule has 1 aromatic rings. The summed E-state index contributed by atoms with van der Waals surface area (Å²) >= 11 is 1.09. The largest absolute Gasteiger partial charge is 0.478 e. The smallest absolute Gasteiger partial charge is 0.406 e. The van der Waals surface area contributed by atoms with Gasteiger partial charge in [-0.2, -0.15) is 13.2 Å². The summed E-state index contributed by atoms with van der Waals surface area (Å²) in [5, 5.41) is 9.87. The molecule has 0 spiro atoms. The molecule has 0 aromatic carbocycles. The molecule has 1 aromatic heterocycles. The minimum atomic E-state index is -4.45. The maximum absolute atomic E-state index is 12.3. The van der Waals surface area contributed by atoms with Crippen LogP contribution in [-0.4, -0.2) is 41.1 Å². The van der Waals surface area contributed by atoms with Gasteiger partial charge in [-0.1, -0.05) is 0 Å². The molecular formula is C12H12F3NO3S.